The molecule has 49 heteroatoms. The Labute approximate surface area is 852 Å². The van der Waals surface area contributed by atoms with Gasteiger partial charge >= 0.3 is 23.9 Å². The van der Waals surface area contributed by atoms with E-state index in [9.17, 15) is 126 Å². The summed E-state index contributed by atoms with van der Waals surface area (Å²) in [5, 5.41) is 72.1. The standard InChI is InChI=1S/C98H127N17O28S4/c1-97(2)77-58-73(146(136,137)138)28-31-81(77)114(84(97)34-20-66-15-12-16-67(93(66)143-70-23-26-72(27-24-70)145(133,134)135)21-35-85-98(3,4)78-59-74(147(139,140)141)29-32-82(78)115(85)45-10-11-56-144(130,131)132)44-8-5-6-19-88(118)105-80(95(127)103-42-41-102-87(117)37-33-83(96(128)129)111-53-51-109(64-91(122)123)49-47-108(63-90(120)121)48-50-110(52-54-111)65-92(124)125)18-7-9-43-112-62-68(106-107-112)22-36-86(116)101-39-14-55-142-71-25-30-79-76(57-71)75(38-40-100-79)94(126)104-61-89(119)113-46-13-17-69(113)60-99/h20-21,23-32,34-35,38,40,57-59,62,69,80,83H,5-19,22,33,36-37,39,41-56,61,63-65H2,1-4H3,(H12-,101,102,103,104,105,116,117,118,120,121,122,123,124,125,126,127,128,129,130,131,132,133,134,135,136,137,138,139,140,141)/p+1/t69?,80-,83?/m0/s1. The molecule has 5 aliphatic rings. The minimum Gasteiger partial charge on any atom is -0.494 e. The summed E-state index contributed by atoms with van der Waals surface area (Å²) >= 11 is 0. The van der Waals surface area contributed by atoms with Gasteiger partial charge in [-0.2, -0.15) is 43.5 Å². The molecule has 45 nitrogen and oxygen atoms in total. The molecule has 6 amide bonds. The Morgan fingerprint density at radius 2 is 1.21 bits per heavy atom. The Kier molecular flexibility index (Phi) is 40.6. The van der Waals surface area contributed by atoms with E-state index in [-0.39, 0.29) is 183 Å². The van der Waals surface area contributed by atoms with E-state index in [4.69, 9.17) is 9.47 Å². The van der Waals surface area contributed by atoms with E-state index in [1.54, 1.807) is 46.1 Å². The number of fused-ring (bicyclic) bond motifs is 3. The van der Waals surface area contributed by atoms with Crippen LogP contribution in [0.25, 0.3) is 10.9 Å². The van der Waals surface area contributed by atoms with E-state index in [2.05, 4.69) is 47.9 Å². The third kappa shape index (κ3) is 33.3. The summed E-state index contributed by atoms with van der Waals surface area (Å²) in [7, 11) is -18.3. The molecule has 13 N–H and O–H groups in total. The maximum atomic E-state index is 14.3. The average molecular weight is 2120 g/mol. The predicted octanol–water partition coefficient (Wildman–Crippen LogP) is 5.91. The second-order valence-corrected chi connectivity index (χ2v) is 43.5. The number of likely N-dealkylation sites (tertiary alicyclic amines) is 1. The molecule has 11 rings (SSSR count). The van der Waals surface area contributed by atoms with Gasteiger partial charge in [-0.3, -0.25) is 95.4 Å². The molecule has 2 fully saturated rings. The first-order valence-electron chi connectivity index (χ1n) is 48.6. The summed E-state index contributed by atoms with van der Waals surface area (Å²) in [6.45, 7) is 7.78. The van der Waals surface area contributed by atoms with Gasteiger partial charge in [-0.1, -0.05) is 25.1 Å². The topological polar surface area (TPSA) is 638 Å². The second kappa shape index (κ2) is 52.1. The molecule has 4 aliphatic heterocycles. The highest BCUT2D eigenvalue weighted by atomic mass is 32.2. The zero-order chi connectivity index (χ0) is 107. The van der Waals surface area contributed by atoms with Crippen LogP contribution in [-0.2, 0) is 107 Å². The quantitative estimate of drug-likeness (QED) is 0.0120. The lowest BCUT2D eigenvalue weighted by molar-refractivity contribution is -0.438. The number of anilines is 1. The molecule has 2 saturated heterocycles. The number of carboxylic acid groups (broad SMARTS) is 4. The number of nitriles is 1. The highest BCUT2D eigenvalue weighted by Crippen LogP contribution is 2.50. The van der Waals surface area contributed by atoms with Crippen molar-refractivity contribution in [3.05, 3.63) is 167 Å². The maximum Gasteiger partial charge on any atom is 0.320 e. The van der Waals surface area contributed by atoms with E-state index in [0.717, 1.165) is 0 Å². The third-order valence-corrected chi connectivity index (χ3v) is 29.7. The van der Waals surface area contributed by atoms with Crippen molar-refractivity contribution < 1.29 is 134 Å². The Bertz CT molecular complexity index is 6510. The summed E-state index contributed by atoms with van der Waals surface area (Å²) in [4.78, 5) is 143. The number of aliphatic carboxylic acids is 4. The van der Waals surface area contributed by atoms with Crippen molar-refractivity contribution in [2.24, 2.45) is 0 Å². The van der Waals surface area contributed by atoms with Crippen molar-refractivity contribution in [3.8, 4) is 17.6 Å². The van der Waals surface area contributed by atoms with Gasteiger partial charge in [0, 0.05) is 176 Å². The number of nitrogens with zero attached hydrogens (tertiary/aromatic N) is 12. The lowest BCUT2D eigenvalue weighted by Gasteiger charge is -2.35. The van der Waals surface area contributed by atoms with Crippen molar-refractivity contribution in [1.82, 2.24) is 71.1 Å². The number of aryl methyl sites for hydroxylation is 2. The molecule has 796 valence electrons. The van der Waals surface area contributed by atoms with E-state index in [1.165, 1.54) is 80.4 Å². The van der Waals surface area contributed by atoms with Gasteiger partial charge in [-0.25, -0.2) is 0 Å². The number of hydrogen-bond donors (Lipinski definition) is 13. The van der Waals surface area contributed by atoms with Crippen molar-refractivity contribution in [3.63, 3.8) is 0 Å². The number of allylic oxidation sites excluding steroid dienone is 7. The number of carbonyl (C=O) groups is 10. The van der Waals surface area contributed by atoms with E-state index in [0.29, 0.717) is 163 Å². The summed E-state index contributed by atoms with van der Waals surface area (Å²) in [6.07, 6.45) is 15.8. The monoisotopic (exact) mass is 2120 g/mol. The van der Waals surface area contributed by atoms with Gasteiger partial charge < -0.3 is 66.3 Å². The van der Waals surface area contributed by atoms with Crippen LogP contribution >= 0.6 is 0 Å². The van der Waals surface area contributed by atoms with Crippen LogP contribution in [0.2, 0.25) is 0 Å². The van der Waals surface area contributed by atoms with Crippen LogP contribution in [0.3, 0.4) is 0 Å². The molecule has 147 heavy (non-hydrogen) atoms. The molecule has 2 unspecified atom stereocenters. The highest BCUT2D eigenvalue weighted by Gasteiger charge is 2.46. The van der Waals surface area contributed by atoms with Crippen molar-refractivity contribution in [1.29, 1.82) is 5.26 Å². The summed E-state index contributed by atoms with van der Waals surface area (Å²) in [5.74, 6) is -7.11. The lowest BCUT2D eigenvalue weighted by atomic mass is 9.81. The van der Waals surface area contributed by atoms with Crippen molar-refractivity contribution >= 4 is 128 Å². The zero-order valence-corrected chi connectivity index (χ0v) is 85.6. The van der Waals surface area contributed by atoms with Crippen LogP contribution in [-0.4, -0.2) is 335 Å². The number of nitrogens with one attached hydrogen (secondary N) is 5. The first kappa shape index (κ1) is 114. The Morgan fingerprint density at radius 3 is 1.86 bits per heavy atom. The second-order valence-electron chi connectivity index (χ2n) is 37.7. The summed E-state index contributed by atoms with van der Waals surface area (Å²) in [5.41, 5.74) is 4.25. The first-order valence-corrected chi connectivity index (χ1v) is 54.5. The highest BCUT2D eigenvalue weighted by molar-refractivity contribution is 7.86. The number of unbranched alkanes of at least 4 members (excludes halogenated alkanes) is 4. The molecule has 0 saturated carbocycles. The smallest absolute Gasteiger partial charge is 0.320 e. The molecule has 4 aromatic carbocycles. The number of aromatic nitrogens is 4. The van der Waals surface area contributed by atoms with E-state index >= 15 is 0 Å². The van der Waals surface area contributed by atoms with Gasteiger partial charge in [0.2, 0.25) is 35.2 Å². The molecule has 1 aliphatic carbocycles. The SMILES string of the molecule is CC1(C)C(=CC=C2CCCC(C=CC3=[N+](CCCCCC(=O)N[C@@H](CCCCn4cc(CCC(=O)NCCCOc5ccc6nccc(C(=O)NCC(=O)N7CCCC7C#N)c6c5)nn4)C(=O)NCCNC(=O)CCC(C(=O)O)N4CCN(CC(=O)O)CCN(CC(=O)O)CCN(CC(=O)O)CC4)c4ccc(S(=O)(=O)O)cc4C3(C)C)=C2Oc2ccc(S(=O)(=O)O)cc2)N(CCCCS(=O)(=O)O)c2ccc(S(=O)(=O)O)cc21. The largest absolute Gasteiger partial charge is 0.494 e. The molecule has 3 atom stereocenters. The van der Waals surface area contributed by atoms with Gasteiger partial charge in [-0.15, -0.1) is 5.10 Å². The molecular formula is C98H128N17O28S4+. The summed E-state index contributed by atoms with van der Waals surface area (Å²) in [6, 6.07) is 19.3. The molecule has 0 radical (unpaired) electrons. The number of benzene rings is 4. The van der Waals surface area contributed by atoms with Crippen molar-refractivity contribution in [2.45, 2.75) is 200 Å². The molecule has 0 spiro atoms. The fraction of sp³-hybridized carbons (Fsp3) is 0.500. The first-order chi connectivity index (χ1) is 69.6. The van der Waals surface area contributed by atoms with Crippen molar-refractivity contribution in [2.75, 3.05) is 135 Å². The predicted molar refractivity (Wildman–Crippen MR) is 535 cm³/mol. The van der Waals surface area contributed by atoms with Crippen LogP contribution in [0, 0.1) is 11.3 Å². The Hall–Kier alpha value is -12.9. The van der Waals surface area contributed by atoms with Gasteiger partial charge in [0.05, 0.1) is 81.5 Å². The number of carbonyl (C=O) groups excluding carboxylic acids is 6. The lowest BCUT2D eigenvalue weighted by Crippen LogP contribution is -2.52. The maximum absolute atomic E-state index is 14.3. The van der Waals surface area contributed by atoms with Gasteiger partial charge in [0.25, 0.3) is 46.4 Å². The number of rotatable bonds is 51. The minimum absolute atomic E-state index is 0.0211. The fourth-order valence-electron chi connectivity index (χ4n) is 18.7. The van der Waals surface area contributed by atoms with Gasteiger partial charge in [-0.05, 0) is 211 Å². The fourth-order valence-corrected chi connectivity index (χ4v) is 20.7. The van der Waals surface area contributed by atoms with Gasteiger partial charge in [0.1, 0.15) is 41.9 Å². The van der Waals surface area contributed by atoms with Crippen LogP contribution in [0.1, 0.15) is 170 Å². The number of ether oxygens (including phenoxy) is 2. The average Bonchev–Trinajstić information content (AvgIpc) is 1.58. The molecule has 6 aromatic rings. The Balaban J connectivity index is 0.753. The number of hydrogen-bond acceptors (Lipinski definition) is 29. The number of carboxylic acids is 4. The van der Waals surface area contributed by atoms with Crippen LogP contribution in [0.5, 0.6) is 11.5 Å². The van der Waals surface area contributed by atoms with Gasteiger partial charge in [0.15, 0.2) is 5.71 Å². The normalized spacial score (nSPS) is 17.7. The Morgan fingerprint density at radius 1 is 0.592 bits per heavy atom. The molecular weight excluding hydrogens is 1990 g/mol. The molecule has 0 bridgehead atoms. The number of amides is 6. The van der Waals surface area contributed by atoms with Crippen LogP contribution < -0.4 is 41.0 Å². The van der Waals surface area contributed by atoms with Crippen LogP contribution in [0.4, 0.5) is 11.4 Å². The van der Waals surface area contributed by atoms with E-state index < -0.39 is 141 Å². The molecule has 6 heterocycles. The summed E-state index contributed by atoms with van der Waals surface area (Å²) < 4.78 is 155. The van der Waals surface area contributed by atoms with Crippen LogP contribution in [0.15, 0.2) is 159 Å². The minimum atomic E-state index is -4.72. The molecule has 2 aromatic heterocycles. The van der Waals surface area contributed by atoms with E-state index in [1.807, 2.05) is 61.5 Å². The zero-order valence-electron chi connectivity index (χ0n) is 82.3. The third-order valence-electron chi connectivity index (χ3n) is 26.4. The number of pyridine rings is 1.